The van der Waals surface area contributed by atoms with Gasteiger partial charge in [0.15, 0.2) is 17.2 Å². The van der Waals surface area contributed by atoms with Crippen LogP contribution in [-0.4, -0.2) is 57.3 Å². The largest absolute Gasteiger partial charge is 0.493 e. The third-order valence-corrected chi connectivity index (χ3v) is 5.34. The number of aromatic amines is 1. The molecule has 3 heterocycles. The number of ether oxygens (including phenoxy) is 3. The summed E-state index contributed by atoms with van der Waals surface area (Å²) in [5, 5.41) is 11.5. The van der Waals surface area contributed by atoms with Crippen molar-refractivity contribution in [1.29, 1.82) is 0 Å². The zero-order valence-corrected chi connectivity index (χ0v) is 17.7. The van der Waals surface area contributed by atoms with Crippen molar-refractivity contribution in [3.05, 3.63) is 36.8 Å². The molecule has 0 saturated heterocycles. The molecule has 13 heteroatoms. The van der Waals surface area contributed by atoms with Gasteiger partial charge in [0.05, 0.1) is 30.9 Å². The smallest absolute Gasteiger partial charge is 0.328 e. The number of rotatable bonds is 5. The summed E-state index contributed by atoms with van der Waals surface area (Å²) in [6.07, 6.45) is -0.964. The first-order valence-electron chi connectivity index (χ1n) is 7.47. The lowest BCUT2D eigenvalue weighted by atomic mass is 10.2. The lowest BCUT2D eigenvalue weighted by Gasteiger charge is -2.34. The molecule has 4 N–H and O–H groups in total. The average Bonchev–Trinajstić information content (AvgIpc) is 2.94. The first kappa shape index (κ1) is 19.7. The van der Waals surface area contributed by atoms with E-state index in [4.69, 9.17) is 19.9 Å². The van der Waals surface area contributed by atoms with E-state index in [1.165, 1.54) is 25.9 Å². The number of imidazole rings is 1. The van der Waals surface area contributed by atoms with Gasteiger partial charge < -0.3 is 24.9 Å². The number of nitrogen functional groups attached to an aromatic ring is 1. The number of fused-ring (bicyclic) bond motifs is 1. The van der Waals surface area contributed by atoms with Crippen molar-refractivity contribution < 1.29 is 19.4 Å². The van der Waals surface area contributed by atoms with Gasteiger partial charge in [0.25, 0.3) is 0 Å². The van der Waals surface area contributed by atoms with Crippen LogP contribution < -0.4 is 11.4 Å². The minimum Gasteiger partial charge on any atom is -0.493 e. The number of hydrogen-bond donors (Lipinski definition) is 3. The Kier molecular flexibility index (Phi) is 5.46. The standard InChI is InChI=1S/C14H16Br2N6O5/c1-25-8-6(15)5(22(24)12(27-3)9(8)26-2)4-21-11-7(18-14(21)23)10(16)19-13(17)20-11/h12,24H,4H2,1-3H3,(H,18,23)(H2,17,19,20). The number of H-pyrrole nitrogens is 1. The second-order valence-corrected chi connectivity index (χ2v) is 6.93. The number of halogens is 2. The molecule has 3 rings (SSSR count). The maximum Gasteiger partial charge on any atom is 0.328 e. The topological polar surface area (TPSA) is 141 Å². The van der Waals surface area contributed by atoms with Gasteiger partial charge in [-0.3, -0.25) is 9.77 Å². The lowest BCUT2D eigenvalue weighted by molar-refractivity contribution is -0.186. The number of anilines is 1. The van der Waals surface area contributed by atoms with E-state index in [2.05, 4.69) is 46.8 Å². The van der Waals surface area contributed by atoms with Crippen LogP contribution in [0.15, 0.2) is 31.1 Å². The van der Waals surface area contributed by atoms with Crippen molar-refractivity contribution in [2.24, 2.45) is 0 Å². The third-order valence-electron chi connectivity index (χ3n) is 3.95. The van der Waals surface area contributed by atoms with Crippen LogP contribution in [0, 0.1) is 0 Å². The number of methoxy groups -OCH3 is 3. The van der Waals surface area contributed by atoms with Crippen molar-refractivity contribution in [2.75, 3.05) is 27.1 Å². The number of nitrogens with two attached hydrogens (primary N) is 1. The van der Waals surface area contributed by atoms with E-state index < -0.39 is 11.9 Å². The molecule has 1 unspecified atom stereocenters. The van der Waals surface area contributed by atoms with Crippen LogP contribution in [0.1, 0.15) is 0 Å². The number of hydrogen-bond acceptors (Lipinski definition) is 9. The van der Waals surface area contributed by atoms with Crippen LogP contribution in [0.2, 0.25) is 0 Å². The Bertz CT molecular complexity index is 1010. The van der Waals surface area contributed by atoms with Gasteiger partial charge in [0.2, 0.25) is 12.2 Å². The highest BCUT2D eigenvalue weighted by molar-refractivity contribution is 9.12. The molecule has 0 saturated carbocycles. The number of nitrogens with zero attached hydrogens (tertiary/aromatic N) is 4. The molecule has 0 amide bonds. The van der Waals surface area contributed by atoms with E-state index in [1.54, 1.807) is 0 Å². The first-order chi connectivity index (χ1) is 12.8. The number of nitrogens with one attached hydrogen (secondary N) is 1. The first-order valence-corrected chi connectivity index (χ1v) is 9.06. The van der Waals surface area contributed by atoms with E-state index in [-0.39, 0.29) is 29.6 Å². The van der Waals surface area contributed by atoms with E-state index in [9.17, 15) is 10.0 Å². The zero-order valence-electron chi connectivity index (χ0n) is 14.5. The van der Waals surface area contributed by atoms with E-state index in [0.717, 1.165) is 5.06 Å². The fourth-order valence-corrected chi connectivity index (χ4v) is 3.87. The van der Waals surface area contributed by atoms with Crippen LogP contribution in [0.3, 0.4) is 0 Å². The summed E-state index contributed by atoms with van der Waals surface area (Å²) in [7, 11) is 4.29. The minimum absolute atomic E-state index is 0.00594. The summed E-state index contributed by atoms with van der Waals surface area (Å²) in [5.74, 6) is 0.583. The molecule has 0 fully saturated rings. The summed E-state index contributed by atoms with van der Waals surface area (Å²) in [5.41, 5.74) is 6.18. The van der Waals surface area contributed by atoms with Crippen LogP contribution in [-0.2, 0) is 20.8 Å². The molecule has 0 aromatic carbocycles. The van der Waals surface area contributed by atoms with E-state index >= 15 is 0 Å². The molecule has 1 atom stereocenters. The highest BCUT2D eigenvalue weighted by atomic mass is 79.9. The minimum atomic E-state index is -0.964. The molecule has 2 aromatic rings. The van der Waals surface area contributed by atoms with Gasteiger partial charge in [-0.05, 0) is 31.9 Å². The second kappa shape index (κ2) is 7.50. The number of hydroxylamine groups is 2. The highest BCUT2D eigenvalue weighted by Crippen LogP contribution is 2.36. The summed E-state index contributed by atoms with van der Waals surface area (Å²) < 4.78 is 18.0. The molecule has 0 bridgehead atoms. The Hall–Kier alpha value is -2.09. The Morgan fingerprint density at radius 1 is 1.26 bits per heavy atom. The number of aromatic nitrogens is 4. The molecule has 0 radical (unpaired) electrons. The normalized spacial score (nSPS) is 17.9. The molecular formula is C14H16Br2N6O5. The predicted octanol–water partition coefficient (Wildman–Crippen LogP) is 1.25. The van der Waals surface area contributed by atoms with Crippen LogP contribution in [0.4, 0.5) is 5.95 Å². The molecule has 11 nitrogen and oxygen atoms in total. The van der Waals surface area contributed by atoms with Crippen molar-refractivity contribution in [3.8, 4) is 0 Å². The molecule has 1 aliphatic heterocycles. The monoisotopic (exact) mass is 506 g/mol. The Morgan fingerprint density at radius 3 is 2.56 bits per heavy atom. The maximum atomic E-state index is 12.5. The SMILES string of the molecule is COC1=C(OC)C(OC)N(O)C(Cn2c(=O)[nH]c3c(Br)nc(N)nc32)=C1Br. The van der Waals surface area contributed by atoms with E-state index in [0.29, 0.717) is 20.4 Å². The summed E-state index contributed by atoms with van der Waals surface area (Å²) in [6, 6.07) is 0. The molecule has 0 aliphatic carbocycles. The molecule has 146 valence electrons. The summed E-state index contributed by atoms with van der Waals surface area (Å²) >= 11 is 6.63. The summed E-state index contributed by atoms with van der Waals surface area (Å²) in [4.78, 5) is 23.2. The van der Waals surface area contributed by atoms with E-state index in [1.807, 2.05) is 0 Å². The Morgan fingerprint density at radius 2 is 1.96 bits per heavy atom. The van der Waals surface area contributed by atoms with Crippen molar-refractivity contribution >= 4 is 49.0 Å². The number of allylic oxidation sites excluding steroid dienone is 2. The Balaban J connectivity index is 2.17. The van der Waals surface area contributed by atoms with Gasteiger partial charge >= 0.3 is 5.69 Å². The molecule has 1 aliphatic rings. The van der Waals surface area contributed by atoms with Gasteiger partial charge in [0.1, 0.15) is 10.1 Å². The van der Waals surface area contributed by atoms with Crippen molar-refractivity contribution in [3.63, 3.8) is 0 Å². The maximum absolute atomic E-state index is 12.5. The van der Waals surface area contributed by atoms with Crippen LogP contribution in [0.5, 0.6) is 0 Å². The van der Waals surface area contributed by atoms with Crippen molar-refractivity contribution in [1.82, 2.24) is 24.6 Å². The highest BCUT2D eigenvalue weighted by Gasteiger charge is 2.36. The second-order valence-electron chi connectivity index (χ2n) is 5.38. The predicted molar refractivity (Wildman–Crippen MR) is 102 cm³/mol. The van der Waals surface area contributed by atoms with Gasteiger partial charge in [-0.15, -0.1) is 0 Å². The van der Waals surface area contributed by atoms with Crippen LogP contribution >= 0.6 is 31.9 Å². The third kappa shape index (κ3) is 3.20. The molecule has 27 heavy (non-hydrogen) atoms. The van der Waals surface area contributed by atoms with Gasteiger partial charge in [-0.25, -0.2) is 14.8 Å². The molecular weight excluding hydrogens is 492 g/mol. The van der Waals surface area contributed by atoms with Gasteiger partial charge in [0, 0.05) is 7.11 Å². The van der Waals surface area contributed by atoms with Crippen molar-refractivity contribution in [2.45, 2.75) is 12.8 Å². The molecule has 2 aromatic heterocycles. The summed E-state index contributed by atoms with van der Waals surface area (Å²) in [6.45, 7) is -0.0669. The zero-order chi connectivity index (χ0) is 19.9. The van der Waals surface area contributed by atoms with Crippen LogP contribution in [0.25, 0.3) is 11.2 Å². The Labute approximate surface area is 169 Å². The fourth-order valence-electron chi connectivity index (χ4n) is 2.74. The fraction of sp³-hybridized carbons (Fsp3) is 0.357. The van der Waals surface area contributed by atoms with Gasteiger partial charge in [-0.2, -0.15) is 4.98 Å². The lowest BCUT2D eigenvalue weighted by Crippen LogP contribution is -2.41. The average molecular weight is 508 g/mol. The quantitative estimate of drug-likeness (QED) is 0.509. The van der Waals surface area contributed by atoms with Gasteiger partial charge in [-0.1, -0.05) is 0 Å². The molecule has 0 spiro atoms.